The van der Waals surface area contributed by atoms with E-state index in [9.17, 15) is 35.1 Å². The third kappa shape index (κ3) is 1.78. The van der Waals surface area contributed by atoms with Crippen molar-refractivity contribution in [2.24, 2.45) is 0 Å². The largest absolute Gasteiger partial charge is 0.505 e. The van der Waals surface area contributed by atoms with E-state index >= 15 is 0 Å². The summed E-state index contributed by atoms with van der Waals surface area (Å²) >= 11 is 0. The number of nitro groups is 3. The summed E-state index contributed by atoms with van der Waals surface area (Å²) < 4.78 is 0. The Kier molecular flexibility index (Phi) is 2.86. The molecule has 10 heteroatoms. The second-order valence-corrected chi connectivity index (χ2v) is 5.07. The maximum Gasteiger partial charge on any atom is 0.505 e. The van der Waals surface area contributed by atoms with Crippen LogP contribution in [0.25, 0.3) is 5.57 Å². The summed E-state index contributed by atoms with van der Waals surface area (Å²) in [5, 5.41) is 33.6. The number of carbonyl (C=O) groups is 1. The number of ketones is 1. The van der Waals surface area contributed by atoms with E-state index in [1.807, 2.05) is 0 Å². The zero-order chi connectivity index (χ0) is 16.9. The molecule has 0 N–H and O–H groups in total. The van der Waals surface area contributed by atoms with Crippen molar-refractivity contribution in [3.63, 3.8) is 0 Å². The highest BCUT2D eigenvalue weighted by atomic mass is 16.7. The van der Waals surface area contributed by atoms with Crippen molar-refractivity contribution in [3.05, 3.63) is 77.4 Å². The minimum atomic E-state index is -2.76. The molecule has 10 nitrogen and oxygen atoms in total. The Hall–Kier alpha value is -3.43. The van der Waals surface area contributed by atoms with Crippen LogP contribution >= 0.6 is 0 Å². The Morgan fingerprint density at radius 3 is 2.26 bits per heavy atom. The molecule has 2 aliphatic carbocycles. The number of nitrogens with zero attached hydrogens (tertiary/aromatic N) is 3. The quantitative estimate of drug-likeness (QED) is 0.463. The molecule has 1 aromatic carbocycles. The Bertz CT molecular complexity index is 854. The molecule has 0 spiro atoms. The van der Waals surface area contributed by atoms with E-state index in [2.05, 4.69) is 0 Å². The van der Waals surface area contributed by atoms with Gasteiger partial charge in [-0.25, -0.2) is 0 Å². The van der Waals surface area contributed by atoms with Crippen molar-refractivity contribution in [3.8, 4) is 0 Å². The van der Waals surface area contributed by atoms with Crippen LogP contribution < -0.4 is 0 Å². The lowest BCUT2D eigenvalue weighted by atomic mass is 9.87. The first kappa shape index (κ1) is 14.5. The summed E-state index contributed by atoms with van der Waals surface area (Å²) in [5.74, 6) is -0.571. The SMILES string of the molecule is O=C1C=CC([N+](=O)[O-])([N+](=O)[O-])C2=C1Cc1cc([N+](=O)[O-])ccc12. The Balaban J connectivity index is 2.28. The Labute approximate surface area is 127 Å². The molecule has 0 fully saturated rings. The third-order valence-corrected chi connectivity index (χ3v) is 3.93. The molecule has 0 amide bonds. The molecule has 23 heavy (non-hydrogen) atoms. The molecule has 1 aromatic rings. The smallest absolute Gasteiger partial charge is 0.290 e. The highest BCUT2D eigenvalue weighted by Gasteiger charge is 2.62. The number of fused-ring (bicyclic) bond motifs is 2. The Morgan fingerprint density at radius 2 is 1.70 bits per heavy atom. The first-order valence-corrected chi connectivity index (χ1v) is 6.33. The molecule has 0 aromatic heterocycles. The molecule has 0 unspecified atom stereocenters. The lowest BCUT2D eigenvalue weighted by molar-refractivity contribution is -0.760. The van der Waals surface area contributed by atoms with Gasteiger partial charge in [0.15, 0.2) is 5.78 Å². The number of benzene rings is 1. The second kappa shape index (κ2) is 4.53. The van der Waals surface area contributed by atoms with E-state index in [0.717, 1.165) is 12.1 Å². The molecule has 0 aliphatic heterocycles. The van der Waals surface area contributed by atoms with Gasteiger partial charge in [-0.3, -0.25) is 35.1 Å². The van der Waals surface area contributed by atoms with Gasteiger partial charge in [-0.15, -0.1) is 0 Å². The van der Waals surface area contributed by atoms with Crippen LogP contribution in [-0.4, -0.2) is 26.2 Å². The minimum absolute atomic E-state index is 0.0728. The van der Waals surface area contributed by atoms with Crippen molar-refractivity contribution in [1.29, 1.82) is 0 Å². The molecule has 3 rings (SSSR count). The summed E-state index contributed by atoms with van der Waals surface area (Å²) in [7, 11) is 0. The van der Waals surface area contributed by atoms with E-state index in [-0.39, 0.29) is 34.4 Å². The molecule has 0 saturated carbocycles. The van der Waals surface area contributed by atoms with Crippen LogP contribution in [0.2, 0.25) is 0 Å². The normalized spacial score (nSPS) is 17.7. The molecule has 0 atom stereocenters. The number of carbonyl (C=O) groups excluding carboxylic acids is 1. The molecule has 0 bridgehead atoms. The number of allylic oxidation sites excluding steroid dienone is 2. The minimum Gasteiger partial charge on any atom is -0.290 e. The van der Waals surface area contributed by atoms with Gasteiger partial charge in [0.2, 0.25) is 0 Å². The van der Waals surface area contributed by atoms with Crippen molar-refractivity contribution in [1.82, 2.24) is 0 Å². The van der Waals surface area contributed by atoms with E-state index in [1.165, 1.54) is 12.1 Å². The van der Waals surface area contributed by atoms with Gasteiger partial charge in [0.1, 0.15) is 15.4 Å². The highest BCUT2D eigenvalue weighted by molar-refractivity contribution is 6.14. The maximum atomic E-state index is 12.0. The average molecular weight is 317 g/mol. The molecular formula is C13H7N3O7. The van der Waals surface area contributed by atoms with Crippen molar-refractivity contribution >= 4 is 17.0 Å². The number of hydrogen-bond donors (Lipinski definition) is 0. The topological polar surface area (TPSA) is 146 Å². The van der Waals surface area contributed by atoms with Crippen LogP contribution in [0, 0.1) is 30.3 Å². The van der Waals surface area contributed by atoms with E-state index in [1.54, 1.807) is 0 Å². The van der Waals surface area contributed by atoms with Crippen molar-refractivity contribution in [2.75, 3.05) is 0 Å². The van der Waals surface area contributed by atoms with Gasteiger partial charge in [-0.2, -0.15) is 0 Å². The molecule has 0 radical (unpaired) electrons. The van der Waals surface area contributed by atoms with Gasteiger partial charge < -0.3 is 0 Å². The van der Waals surface area contributed by atoms with Crippen LogP contribution in [0.5, 0.6) is 0 Å². The summed E-state index contributed by atoms with van der Waals surface area (Å²) in [6.07, 6.45) is 1.36. The zero-order valence-corrected chi connectivity index (χ0v) is 11.3. The number of rotatable bonds is 3. The van der Waals surface area contributed by atoms with Gasteiger partial charge >= 0.3 is 5.66 Å². The molecular weight excluding hydrogens is 310 g/mol. The van der Waals surface area contributed by atoms with Crippen LogP contribution in [0.4, 0.5) is 5.69 Å². The lowest BCUT2D eigenvalue weighted by Crippen LogP contribution is -2.47. The number of non-ortho nitro benzene ring substituents is 1. The summed E-state index contributed by atoms with van der Waals surface area (Å²) in [4.78, 5) is 42.8. The Morgan fingerprint density at radius 1 is 1.04 bits per heavy atom. The highest BCUT2D eigenvalue weighted by Crippen LogP contribution is 2.45. The standard InChI is InChI=1S/C13H7N3O7/c17-11-3-4-13(15(20)21,16(22)23)12-9-2-1-8(14(18)19)5-7(9)6-10(11)12/h1-5H,6H2. The molecule has 2 aliphatic rings. The predicted molar refractivity (Wildman–Crippen MR) is 74.6 cm³/mol. The van der Waals surface area contributed by atoms with Gasteiger partial charge in [-0.1, -0.05) is 0 Å². The van der Waals surface area contributed by atoms with E-state index in [4.69, 9.17) is 0 Å². The van der Waals surface area contributed by atoms with Crippen LogP contribution in [0.15, 0.2) is 35.9 Å². The zero-order valence-electron chi connectivity index (χ0n) is 11.3. The molecule has 116 valence electrons. The fourth-order valence-corrected chi connectivity index (χ4v) is 2.90. The molecule has 0 heterocycles. The van der Waals surface area contributed by atoms with Crippen LogP contribution in [0.1, 0.15) is 11.1 Å². The van der Waals surface area contributed by atoms with Gasteiger partial charge in [0.25, 0.3) is 5.69 Å². The van der Waals surface area contributed by atoms with Gasteiger partial charge in [-0.05, 0) is 23.3 Å². The van der Waals surface area contributed by atoms with Crippen molar-refractivity contribution < 1.29 is 19.6 Å². The first-order chi connectivity index (χ1) is 10.8. The second-order valence-electron chi connectivity index (χ2n) is 5.07. The maximum absolute atomic E-state index is 12.0. The lowest BCUT2D eigenvalue weighted by Gasteiger charge is -2.19. The molecule has 0 saturated heterocycles. The van der Waals surface area contributed by atoms with Crippen LogP contribution in [-0.2, 0) is 11.2 Å². The third-order valence-electron chi connectivity index (χ3n) is 3.93. The summed E-state index contributed by atoms with van der Waals surface area (Å²) in [6.45, 7) is 0. The predicted octanol–water partition coefficient (Wildman–Crippen LogP) is 1.29. The van der Waals surface area contributed by atoms with Gasteiger partial charge in [0, 0.05) is 24.1 Å². The fraction of sp³-hybridized carbons (Fsp3) is 0.154. The summed E-state index contributed by atoms with van der Waals surface area (Å²) in [5.41, 5.74) is -2.99. The van der Waals surface area contributed by atoms with E-state index < -0.39 is 26.2 Å². The van der Waals surface area contributed by atoms with Gasteiger partial charge in [0.05, 0.1) is 11.0 Å². The van der Waals surface area contributed by atoms with Crippen LogP contribution in [0.3, 0.4) is 0 Å². The van der Waals surface area contributed by atoms with Crippen molar-refractivity contribution in [2.45, 2.75) is 12.1 Å². The monoisotopic (exact) mass is 317 g/mol. The average Bonchev–Trinajstić information content (AvgIpc) is 2.87. The fourth-order valence-electron chi connectivity index (χ4n) is 2.90. The first-order valence-electron chi connectivity index (χ1n) is 6.33. The number of nitro benzene ring substituents is 1. The van der Waals surface area contributed by atoms with E-state index in [0.29, 0.717) is 6.08 Å². The number of hydrogen-bond acceptors (Lipinski definition) is 7. The summed E-state index contributed by atoms with van der Waals surface area (Å²) in [6, 6.07) is 3.48.